The lowest BCUT2D eigenvalue weighted by molar-refractivity contribution is 1.06. The maximum atomic E-state index is 6.08. The van der Waals surface area contributed by atoms with Gasteiger partial charge in [0.15, 0.2) is 0 Å². The Kier molecular flexibility index (Phi) is 3.08. The van der Waals surface area contributed by atoms with Crippen LogP contribution in [0.15, 0.2) is 36.4 Å². The largest absolute Gasteiger partial charge is 0.383 e. The number of benzene rings is 1. The first-order valence-corrected chi connectivity index (χ1v) is 5.30. The third-order valence-corrected chi connectivity index (χ3v) is 2.71. The van der Waals surface area contributed by atoms with Gasteiger partial charge in [-0.2, -0.15) is 0 Å². The number of hydrogen-bond donors (Lipinski definition) is 2. The molecule has 0 spiro atoms. The van der Waals surface area contributed by atoms with Gasteiger partial charge < -0.3 is 11.5 Å². The predicted octanol–water partition coefficient (Wildman–Crippen LogP) is 2.44. The number of nitrogens with zero attached hydrogens (tertiary/aromatic N) is 1. The lowest BCUT2D eigenvalue weighted by atomic mass is 10.1. The highest BCUT2D eigenvalue weighted by Crippen LogP contribution is 2.27. The zero-order valence-electron chi connectivity index (χ0n) is 8.65. The Morgan fingerprint density at radius 2 is 1.88 bits per heavy atom. The fraction of sp³-hybridized carbons (Fsp3) is 0.0833. The van der Waals surface area contributed by atoms with Crippen LogP contribution in [0.2, 0.25) is 5.02 Å². The van der Waals surface area contributed by atoms with Crippen molar-refractivity contribution in [3.8, 4) is 11.3 Å². The monoisotopic (exact) mass is 233 g/mol. The Labute approximate surface area is 99.1 Å². The summed E-state index contributed by atoms with van der Waals surface area (Å²) in [5, 5.41) is 0.662. The number of hydrogen-bond acceptors (Lipinski definition) is 3. The number of anilines is 1. The van der Waals surface area contributed by atoms with E-state index in [9.17, 15) is 0 Å². The number of nitrogens with two attached hydrogens (primary N) is 2. The third-order valence-electron chi connectivity index (χ3n) is 2.38. The fourth-order valence-electron chi connectivity index (χ4n) is 1.50. The normalized spacial score (nSPS) is 10.4. The smallest absolute Gasteiger partial charge is 0.128 e. The van der Waals surface area contributed by atoms with Crippen molar-refractivity contribution in [3.05, 3.63) is 47.0 Å². The Balaban J connectivity index is 2.50. The lowest BCUT2D eigenvalue weighted by Gasteiger charge is -2.07. The van der Waals surface area contributed by atoms with Crippen molar-refractivity contribution in [2.75, 3.05) is 5.73 Å². The molecule has 0 radical (unpaired) electrons. The van der Waals surface area contributed by atoms with Gasteiger partial charge in [0.2, 0.25) is 0 Å². The molecule has 0 bridgehead atoms. The first-order chi connectivity index (χ1) is 7.72. The highest BCUT2D eigenvalue weighted by Gasteiger charge is 2.06. The fourth-order valence-corrected chi connectivity index (χ4v) is 1.73. The molecule has 16 heavy (non-hydrogen) atoms. The van der Waals surface area contributed by atoms with Crippen LogP contribution in [0.1, 0.15) is 5.56 Å². The second kappa shape index (κ2) is 4.51. The molecular formula is C12H12ClN3. The van der Waals surface area contributed by atoms with Crippen molar-refractivity contribution in [1.29, 1.82) is 0 Å². The average Bonchev–Trinajstić information content (AvgIpc) is 2.29. The van der Waals surface area contributed by atoms with E-state index < -0.39 is 0 Å². The summed E-state index contributed by atoms with van der Waals surface area (Å²) >= 11 is 6.08. The first-order valence-electron chi connectivity index (χ1n) is 4.92. The van der Waals surface area contributed by atoms with Gasteiger partial charge in [-0.05, 0) is 12.1 Å². The third kappa shape index (κ3) is 2.01. The van der Waals surface area contributed by atoms with Crippen molar-refractivity contribution in [3.63, 3.8) is 0 Å². The van der Waals surface area contributed by atoms with Gasteiger partial charge in [-0.1, -0.05) is 35.9 Å². The second-order valence-corrected chi connectivity index (χ2v) is 3.83. The quantitative estimate of drug-likeness (QED) is 0.838. The molecule has 4 N–H and O–H groups in total. The van der Waals surface area contributed by atoms with Crippen molar-refractivity contribution in [2.24, 2.45) is 5.73 Å². The van der Waals surface area contributed by atoms with Gasteiger partial charge in [-0.15, -0.1) is 0 Å². The zero-order chi connectivity index (χ0) is 11.5. The SMILES string of the molecule is NCc1ccc(-c2ccccc2Cl)nc1N. The Morgan fingerprint density at radius 3 is 2.50 bits per heavy atom. The number of nitrogen functional groups attached to an aromatic ring is 1. The molecule has 0 atom stereocenters. The molecule has 0 amide bonds. The van der Waals surface area contributed by atoms with Crippen LogP contribution in [-0.4, -0.2) is 4.98 Å². The highest BCUT2D eigenvalue weighted by molar-refractivity contribution is 6.33. The molecule has 0 saturated carbocycles. The Hall–Kier alpha value is -1.58. The molecular weight excluding hydrogens is 222 g/mol. The molecule has 0 saturated heterocycles. The minimum Gasteiger partial charge on any atom is -0.383 e. The van der Waals surface area contributed by atoms with Crippen LogP contribution < -0.4 is 11.5 Å². The Bertz CT molecular complexity index is 511. The number of rotatable bonds is 2. The molecule has 4 heteroatoms. The first kappa shape index (κ1) is 10.9. The van der Waals surface area contributed by atoms with Crippen LogP contribution in [0.4, 0.5) is 5.82 Å². The maximum Gasteiger partial charge on any atom is 0.128 e. The van der Waals surface area contributed by atoms with E-state index in [0.717, 1.165) is 16.8 Å². The molecule has 82 valence electrons. The lowest BCUT2D eigenvalue weighted by Crippen LogP contribution is -2.04. The number of halogens is 1. The predicted molar refractivity (Wildman–Crippen MR) is 67.0 cm³/mol. The summed E-state index contributed by atoms with van der Waals surface area (Å²) in [5.41, 5.74) is 13.8. The summed E-state index contributed by atoms with van der Waals surface area (Å²) in [6, 6.07) is 11.3. The zero-order valence-corrected chi connectivity index (χ0v) is 9.41. The van der Waals surface area contributed by atoms with Crippen LogP contribution in [-0.2, 0) is 6.54 Å². The molecule has 0 aliphatic carbocycles. The molecule has 0 aliphatic heterocycles. The number of pyridine rings is 1. The molecule has 1 heterocycles. The average molecular weight is 234 g/mol. The summed E-state index contributed by atoms with van der Waals surface area (Å²) < 4.78 is 0. The van der Waals surface area contributed by atoms with Crippen molar-refractivity contribution in [1.82, 2.24) is 4.98 Å². The highest BCUT2D eigenvalue weighted by atomic mass is 35.5. The van der Waals surface area contributed by atoms with Crippen LogP contribution in [0.5, 0.6) is 0 Å². The summed E-state index contributed by atoms with van der Waals surface area (Å²) in [5.74, 6) is 0.458. The summed E-state index contributed by atoms with van der Waals surface area (Å²) in [4.78, 5) is 4.29. The summed E-state index contributed by atoms with van der Waals surface area (Å²) in [6.45, 7) is 0.391. The van der Waals surface area contributed by atoms with Crippen molar-refractivity contribution >= 4 is 17.4 Å². The van der Waals surface area contributed by atoms with Crippen LogP contribution in [0.3, 0.4) is 0 Å². The van der Waals surface area contributed by atoms with E-state index in [1.807, 2.05) is 36.4 Å². The molecule has 2 aromatic rings. The van der Waals surface area contributed by atoms with Gasteiger partial charge >= 0.3 is 0 Å². The summed E-state index contributed by atoms with van der Waals surface area (Å²) in [6.07, 6.45) is 0. The molecule has 0 aliphatic rings. The van der Waals surface area contributed by atoms with E-state index in [1.54, 1.807) is 0 Å². The molecule has 0 fully saturated rings. The van der Waals surface area contributed by atoms with Crippen LogP contribution in [0.25, 0.3) is 11.3 Å². The topological polar surface area (TPSA) is 64.9 Å². The summed E-state index contributed by atoms with van der Waals surface area (Å²) in [7, 11) is 0. The van der Waals surface area contributed by atoms with Crippen LogP contribution >= 0.6 is 11.6 Å². The molecule has 3 nitrogen and oxygen atoms in total. The van der Waals surface area contributed by atoms with Gasteiger partial charge in [0.25, 0.3) is 0 Å². The van der Waals surface area contributed by atoms with Gasteiger partial charge in [0, 0.05) is 22.7 Å². The van der Waals surface area contributed by atoms with E-state index in [1.165, 1.54) is 0 Å². The van der Waals surface area contributed by atoms with Gasteiger partial charge in [0.05, 0.1) is 5.69 Å². The molecule has 1 aromatic carbocycles. The van der Waals surface area contributed by atoms with E-state index in [4.69, 9.17) is 23.1 Å². The molecule has 2 rings (SSSR count). The van der Waals surface area contributed by atoms with E-state index >= 15 is 0 Å². The van der Waals surface area contributed by atoms with Gasteiger partial charge in [-0.25, -0.2) is 4.98 Å². The minimum atomic E-state index is 0.391. The standard InChI is InChI=1S/C12H12ClN3/c13-10-4-2-1-3-9(10)11-6-5-8(7-14)12(15)16-11/h1-6H,7,14H2,(H2,15,16). The van der Waals surface area contributed by atoms with E-state index in [-0.39, 0.29) is 0 Å². The second-order valence-electron chi connectivity index (χ2n) is 3.42. The van der Waals surface area contributed by atoms with E-state index in [0.29, 0.717) is 17.4 Å². The van der Waals surface area contributed by atoms with Crippen molar-refractivity contribution in [2.45, 2.75) is 6.54 Å². The molecule has 1 aromatic heterocycles. The van der Waals surface area contributed by atoms with E-state index in [2.05, 4.69) is 4.98 Å². The minimum absolute atomic E-state index is 0.391. The van der Waals surface area contributed by atoms with Gasteiger partial charge in [-0.3, -0.25) is 0 Å². The van der Waals surface area contributed by atoms with Crippen molar-refractivity contribution < 1.29 is 0 Å². The maximum absolute atomic E-state index is 6.08. The Morgan fingerprint density at radius 1 is 1.12 bits per heavy atom. The number of aromatic nitrogens is 1. The van der Waals surface area contributed by atoms with Gasteiger partial charge in [0.1, 0.15) is 5.82 Å². The molecule has 0 unspecified atom stereocenters. The van der Waals surface area contributed by atoms with Crippen LogP contribution in [0, 0.1) is 0 Å².